The normalized spacial score (nSPS) is 28.5. The standard InChI is InChI=1S/C18H28N4O3/c1-24-12-15-19-16(25-20-15)11-21-10-8-18(13-21)7-4-9-22(17(18)23)14-5-2-3-6-14/h14H,2-13H2,1H3. The molecule has 2 aliphatic heterocycles. The van der Waals surface area contributed by atoms with Gasteiger partial charge < -0.3 is 14.2 Å². The Morgan fingerprint density at radius 3 is 2.88 bits per heavy atom. The van der Waals surface area contributed by atoms with E-state index in [4.69, 9.17) is 9.26 Å². The molecular weight excluding hydrogens is 320 g/mol. The largest absolute Gasteiger partial charge is 0.377 e. The van der Waals surface area contributed by atoms with Crippen LogP contribution >= 0.6 is 0 Å². The predicted molar refractivity (Wildman–Crippen MR) is 90.5 cm³/mol. The van der Waals surface area contributed by atoms with Crippen LogP contribution in [0.4, 0.5) is 0 Å². The Morgan fingerprint density at radius 1 is 1.24 bits per heavy atom. The van der Waals surface area contributed by atoms with Gasteiger partial charge in [-0.05, 0) is 38.6 Å². The van der Waals surface area contributed by atoms with Crippen molar-refractivity contribution in [2.45, 2.75) is 64.1 Å². The number of likely N-dealkylation sites (tertiary alicyclic amines) is 2. The van der Waals surface area contributed by atoms with Gasteiger partial charge in [-0.2, -0.15) is 4.98 Å². The molecule has 1 unspecified atom stereocenters. The Labute approximate surface area is 148 Å². The number of hydrogen-bond acceptors (Lipinski definition) is 6. The summed E-state index contributed by atoms with van der Waals surface area (Å²) in [6.07, 6.45) is 8.03. The summed E-state index contributed by atoms with van der Waals surface area (Å²) in [6.45, 7) is 3.68. The number of ether oxygens (including phenoxy) is 1. The summed E-state index contributed by atoms with van der Waals surface area (Å²) in [5.41, 5.74) is -0.184. The molecule has 1 amide bonds. The van der Waals surface area contributed by atoms with Crippen LogP contribution in [0.2, 0.25) is 0 Å². The highest BCUT2D eigenvalue weighted by Gasteiger charge is 2.49. The van der Waals surface area contributed by atoms with Gasteiger partial charge in [-0.3, -0.25) is 9.69 Å². The molecule has 1 aliphatic carbocycles. The number of rotatable bonds is 5. The summed E-state index contributed by atoms with van der Waals surface area (Å²) in [7, 11) is 1.62. The van der Waals surface area contributed by atoms with E-state index in [9.17, 15) is 4.79 Å². The van der Waals surface area contributed by atoms with Crippen LogP contribution in [-0.2, 0) is 22.7 Å². The van der Waals surface area contributed by atoms with Crippen LogP contribution in [0.1, 0.15) is 56.7 Å². The van der Waals surface area contributed by atoms with E-state index in [2.05, 4.69) is 19.9 Å². The second-order valence-corrected chi connectivity index (χ2v) is 7.82. The molecule has 1 saturated carbocycles. The maximum Gasteiger partial charge on any atom is 0.240 e. The molecule has 7 heteroatoms. The molecule has 25 heavy (non-hydrogen) atoms. The maximum absolute atomic E-state index is 13.3. The predicted octanol–water partition coefficient (Wildman–Crippen LogP) is 1.97. The van der Waals surface area contributed by atoms with Crippen LogP contribution in [0.15, 0.2) is 4.52 Å². The zero-order valence-corrected chi connectivity index (χ0v) is 15.1. The van der Waals surface area contributed by atoms with Crippen molar-refractivity contribution in [1.82, 2.24) is 19.9 Å². The fraction of sp³-hybridized carbons (Fsp3) is 0.833. The van der Waals surface area contributed by atoms with E-state index in [1.807, 2.05) is 0 Å². The van der Waals surface area contributed by atoms with Crippen molar-refractivity contribution in [1.29, 1.82) is 0 Å². The molecule has 3 heterocycles. The van der Waals surface area contributed by atoms with E-state index in [1.54, 1.807) is 7.11 Å². The average Bonchev–Trinajstić information content (AvgIpc) is 3.34. The number of nitrogens with zero attached hydrogens (tertiary/aromatic N) is 4. The first kappa shape index (κ1) is 17.0. The third-order valence-corrected chi connectivity index (χ3v) is 6.11. The fourth-order valence-electron chi connectivity index (χ4n) is 4.87. The number of hydrogen-bond donors (Lipinski definition) is 0. The molecule has 0 bridgehead atoms. The Bertz CT molecular complexity index is 613. The van der Waals surface area contributed by atoms with Gasteiger partial charge in [0, 0.05) is 26.2 Å². The molecule has 1 atom stereocenters. The molecule has 7 nitrogen and oxygen atoms in total. The lowest BCUT2D eigenvalue weighted by atomic mass is 9.77. The molecule has 1 spiro atoms. The van der Waals surface area contributed by atoms with Crippen molar-refractivity contribution in [3.8, 4) is 0 Å². The van der Waals surface area contributed by atoms with Gasteiger partial charge in [0.05, 0.1) is 12.0 Å². The Kier molecular flexibility index (Phi) is 4.78. The van der Waals surface area contributed by atoms with Gasteiger partial charge >= 0.3 is 0 Å². The van der Waals surface area contributed by atoms with Crippen LogP contribution in [0.3, 0.4) is 0 Å². The highest BCUT2D eigenvalue weighted by atomic mass is 16.5. The average molecular weight is 348 g/mol. The first-order valence-electron chi connectivity index (χ1n) is 9.54. The van der Waals surface area contributed by atoms with E-state index in [-0.39, 0.29) is 5.41 Å². The molecule has 0 aromatic carbocycles. The third kappa shape index (κ3) is 3.31. The smallest absolute Gasteiger partial charge is 0.240 e. The first-order chi connectivity index (χ1) is 12.2. The van der Waals surface area contributed by atoms with E-state index < -0.39 is 0 Å². The lowest BCUT2D eigenvalue weighted by Gasteiger charge is -2.42. The van der Waals surface area contributed by atoms with E-state index in [0.717, 1.165) is 38.9 Å². The summed E-state index contributed by atoms with van der Waals surface area (Å²) in [5.74, 6) is 1.59. The number of carbonyl (C=O) groups is 1. The van der Waals surface area contributed by atoms with Gasteiger partial charge in [0.15, 0.2) is 5.82 Å². The number of aromatic nitrogens is 2. The zero-order chi connectivity index (χ0) is 17.3. The van der Waals surface area contributed by atoms with Gasteiger partial charge in [-0.25, -0.2) is 0 Å². The highest BCUT2D eigenvalue weighted by Crippen LogP contribution is 2.42. The highest BCUT2D eigenvalue weighted by molar-refractivity contribution is 5.84. The summed E-state index contributed by atoms with van der Waals surface area (Å²) in [6, 6.07) is 0.492. The minimum absolute atomic E-state index is 0.184. The Morgan fingerprint density at radius 2 is 2.08 bits per heavy atom. The van der Waals surface area contributed by atoms with Gasteiger partial charge in [-0.1, -0.05) is 18.0 Å². The van der Waals surface area contributed by atoms with Crippen molar-refractivity contribution in [2.24, 2.45) is 5.41 Å². The third-order valence-electron chi connectivity index (χ3n) is 6.11. The molecule has 2 saturated heterocycles. The monoisotopic (exact) mass is 348 g/mol. The molecule has 1 aromatic rings. The van der Waals surface area contributed by atoms with Gasteiger partial charge in [-0.15, -0.1) is 0 Å². The molecule has 138 valence electrons. The molecule has 0 N–H and O–H groups in total. The van der Waals surface area contributed by atoms with Crippen LogP contribution in [0.25, 0.3) is 0 Å². The van der Waals surface area contributed by atoms with Crippen molar-refractivity contribution >= 4 is 5.91 Å². The number of methoxy groups -OCH3 is 1. The lowest BCUT2D eigenvalue weighted by molar-refractivity contribution is -0.148. The van der Waals surface area contributed by atoms with Gasteiger partial charge in [0.1, 0.15) is 6.61 Å². The van der Waals surface area contributed by atoms with Gasteiger partial charge in [0.25, 0.3) is 0 Å². The number of piperidine rings is 1. The lowest BCUT2D eigenvalue weighted by Crippen LogP contribution is -2.53. The Hall–Kier alpha value is -1.47. The summed E-state index contributed by atoms with van der Waals surface area (Å²) >= 11 is 0. The van der Waals surface area contributed by atoms with E-state index in [1.165, 1.54) is 25.7 Å². The molecule has 1 aromatic heterocycles. The van der Waals surface area contributed by atoms with Crippen molar-refractivity contribution in [3.05, 3.63) is 11.7 Å². The second-order valence-electron chi connectivity index (χ2n) is 7.82. The molecule has 0 radical (unpaired) electrons. The quantitative estimate of drug-likeness (QED) is 0.810. The SMILES string of the molecule is COCc1noc(CN2CCC3(CCCN(C4CCCC4)C3=O)C2)n1. The van der Waals surface area contributed by atoms with Crippen LogP contribution in [0.5, 0.6) is 0 Å². The zero-order valence-electron chi connectivity index (χ0n) is 15.1. The number of amides is 1. The van der Waals surface area contributed by atoms with Gasteiger partial charge in [0.2, 0.25) is 11.8 Å². The summed E-state index contributed by atoms with van der Waals surface area (Å²) in [4.78, 5) is 22.1. The maximum atomic E-state index is 13.3. The number of carbonyl (C=O) groups excluding carboxylic acids is 1. The molecular formula is C18H28N4O3. The topological polar surface area (TPSA) is 71.7 Å². The summed E-state index contributed by atoms with van der Waals surface area (Å²) in [5, 5.41) is 3.92. The van der Waals surface area contributed by atoms with Crippen LogP contribution in [-0.4, -0.2) is 58.6 Å². The Balaban J connectivity index is 1.40. The van der Waals surface area contributed by atoms with Crippen molar-refractivity contribution < 1.29 is 14.1 Å². The fourth-order valence-corrected chi connectivity index (χ4v) is 4.87. The minimum Gasteiger partial charge on any atom is -0.377 e. The molecule has 4 rings (SSSR count). The minimum atomic E-state index is -0.184. The summed E-state index contributed by atoms with van der Waals surface area (Å²) < 4.78 is 10.3. The van der Waals surface area contributed by atoms with Crippen LogP contribution < -0.4 is 0 Å². The molecule has 3 fully saturated rings. The van der Waals surface area contributed by atoms with Crippen molar-refractivity contribution in [3.63, 3.8) is 0 Å². The van der Waals surface area contributed by atoms with E-state index >= 15 is 0 Å². The van der Waals surface area contributed by atoms with Crippen LogP contribution in [0, 0.1) is 5.41 Å². The van der Waals surface area contributed by atoms with Crippen molar-refractivity contribution in [2.75, 3.05) is 26.7 Å². The second kappa shape index (κ2) is 7.03. The molecule has 3 aliphatic rings. The van der Waals surface area contributed by atoms with E-state index in [0.29, 0.717) is 36.8 Å². The first-order valence-corrected chi connectivity index (χ1v) is 9.54.